The number of methoxy groups -OCH3 is 1. The van der Waals surface area contributed by atoms with E-state index in [-0.39, 0.29) is 11.3 Å². The molecule has 1 unspecified atom stereocenters. The van der Waals surface area contributed by atoms with Gasteiger partial charge >= 0.3 is 0 Å². The average molecular weight is 531 g/mol. The fourth-order valence-electron chi connectivity index (χ4n) is 4.59. The molecule has 1 aliphatic heterocycles. The second kappa shape index (κ2) is 9.43. The van der Waals surface area contributed by atoms with Gasteiger partial charge in [0.1, 0.15) is 11.5 Å². The highest BCUT2D eigenvalue weighted by atomic mass is 79.9. The highest BCUT2D eigenvalue weighted by molar-refractivity contribution is 9.10. The molecule has 2 N–H and O–H groups in total. The van der Waals surface area contributed by atoms with Crippen LogP contribution >= 0.6 is 15.9 Å². The molecule has 0 aliphatic carbocycles. The van der Waals surface area contributed by atoms with Crippen LogP contribution in [0.25, 0.3) is 16.7 Å². The van der Waals surface area contributed by atoms with Gasteiger partial charge in [-0.25, -0.2) is 0 Å². The molecule has 0 bridgehead atoms. The number of benzene rings is 3. The van der Waals surface area contributed by atoms with Gasteiger partial charge in [-0.05, 0) is 47.9 Å². The van der Waals surface area contributed by atoms with Crippen molar-refractivity contribution >= 4 is 44.3 Å². The molecule has 0 spiro atoms. The van der Waals surface area contributed by atoms with E-state index in [0.29, 0.717) is 18.5 Å². The number of amides is 1. The lowest BCUT2D eigenvalue weighted by Crippen LogP contribution is -2.31. The maximum atomic E-state index is 13.2. The summed E-state index contributed by atoms with van der Waals surface area (Å²) in [6.45, 7) is 0.307. The number of ketones is 1. The van der Waals surface area contributed by atoms with Crippen LogP contribution in [0.4, 0.5) is 0 Å². The number of halogens is 1. The first kappa shape index (κ1) is 22.9. The Labute approximate surface area is 211 Å². The average Bonchev–Trinajstić information content (AvgIpc) is 3.41. The quantitative estimate of drug-likeness (QED) is 0.193. The predicted molar refractivity (Wildman–Crippen MR) is 138 cm³/mol. The molecule has 35 heavy (non-hydrogen) atoms. The van der Waals surface area contributed by atoms with Crippen LogP contribution in [-0.2, 0) is 16.0 Å². The zero-order valence-corrected chi connectivity index (χ0v) is 20.6. The number of aliphatic hydroxyl groups is 1. The van der Waals surface area contributed by atoms with Crippen LogP contribution in [0.1, 0.15) is 22.7 Å². The van der Waals surface area contributed by atoms with Gasteiger partial charge in [-0.2, -0.15) is 0 Å². The molecule has 1 saturated heterocycles. The number of aromatic nitrogens is 1. The minimum Gasteiger partial charge on any atom is -0.507 e. The minimum atomic E-state index is -0.692. The van der Waals surface area contributed by atoms with Crippen LogP contribution in [0.3, 0.4) is 0 Å². The Hall–Kier alpha value is -3.84. The number of fused-ring (bicyclic) bond motifs is 1. The number of ether oxygens (including phenoxy) is 1. The number of likely N-dealkylation sites (tertiary alicyclic amines) is 1. The molecule has 2 heterocycles. The van der Waals surface area contributed by atoms with Crippen molar-refractivity contribution in [2.75, 3.05) is 13.7 Å². The van der Waals surface area contributed by atoms with Gasteiger partial charge < -0.3 is 19.7 Å². The zero-order valence-electron chi connectivity index (χ0n) is 19.0. The van der Waals surface area contributed by atoms with Crippen molar-refractivity contribution in [1.29, 1.82) is 0 Å². The standard InChI is InChI=1S/C28H23BrN2O4/c1-35-21-11-12-23-22(15-21)19(16-30-23)13-14-31-25(17-7-9-20(29)10-8-17)24(27(33)28(31)34)26(32)18-5-3-2-4-6-18/h2-12,15-16,25,30,32H,13-14H2,1H3/b26-24-. The van der Waals surface area contributed by atoms with Crippen LogP contribution < -0.4 is 4.74 Å². The minimum absolute atomic E-state index is 0.101. The zero-order chi connectivity index (χ0) is 24.5. The molecule has 5 rings (SSSR count). The van der Waals surface area contributed by atoms with Gasteiger partial charge in [0.25, 0.3) is 11.7 Å². The summed E-state index contributed by atoms with van der Waals surface area (Å²) in [5.74, 6) is -0.722. The Morgan fingerprint density at radius 1 is 1.06 bits per heavy atom. The first-order valence-corrected chi connectivity index (χ1v) is 12.0. The van der Waals surface area contributed by atoms with E-state index >= 15 is 0 Å². The SMILES string of the molecule is COc1ccc2[nH]cc(CCN3C(=O)C(=O)/C(=C(\O)c4ccccc4)C3c3ccc(Br)cc3)c2c1. The molecule has 6 nitrogen and oxygen atoms in total. The van der Waals surface area contributed by atoms with Gasteiger partial charge in [0.05, 0.1) is 18.7 Å². The van der Waals surface area contributed by atoms with Crippen LogP contribution in [-0.4, -0.2) is 40.3 Å². The van der Waals surface area contributed by atoms with Gasteiger partial charge in [0, 0.05) is 33.7 Å². The van der Waals surface area contributed by atoms with Crippen LogP contribution in [0.15, 0.2) is 89.0 Å². The number of hydrogen-bond donors (Lipinski definition) is 2. The molecular weight excluding hydrogens is 508 g/mol. The number of aliphatic hydroxyl groups excluding tert-OH is 1. The van der Waals surface area contributed by atoms with Crippen molar-refractivity contribution in [1.82, 2.24) is 9.88 Å². The monoisotopic (exact) mass is 530 g/mol. The van der Waals surface area contributed by atoms with E-state index in [2.05, 4.69) is 20.9 Å². The normalized spacial score (nSPS) is 17.3. The molecule has 176 valence electrons. The lowest BCUT2D eigenvalue weighted by atomic mass is 9.95. The van der Waals surface area contributed by atoms with Crippen molar-refractivity contribution in [3.8, 4) is 5.75 Å². The van der Waals surface area contributed by atoms with E-state index in [1.165, 1.54) is 0 Å². The third-order valence-electron chi connectivity index (χ3n) is 6.37. The Morgan fingerprint density at radius 3 is 2.51 bits per heavy atom. The predicted octanol–water partition coefficient (Wildman–Crippen LogP) is 5.60. The fraction of sp³-hybridized carbons (Fsp3) is 0.143. The number of nitrogens with one attached hydrogen (secondary N) is 1. The summed E-state index contributed by atoms with van der Waals surface area (Å²) in [6, 6.07) is 21.4. The topological polar surface area (TPSA) is 82.6 Å². The van der Waals surface area contributed by atoms with Gasteiger partial charge in [-0.15, -0.1) is 0 Å². The smallest absolute Gasteiger partial charge is 0.295 e. The first-order valence-electron chi connectivity index (χ1n) is 11.2. The third-order valence-corrected chi connectivity index (χ3v) is 6.90. The third kappa shape index (κ3) is 4.23. The number of carbonyl (C=O) groups is 2. The van der Waals surface area contributed by atoms with Crippen LogP contribution in [0.5, 0.6) is 5.75 Å². The van der Waals surface area contributed by atoms with Crippen molar-refractivity contribution in [2.45, 2.75) is 12.5 Å². The van der Waals surface area contributed by atoms with Gasteiger partial charge in [-0.3, -0.25) is 9.59 Å². The number of rotatable bonds is 6. The van der Waals surface area contributed by atoms with Crippen molar-refractivity contribution < 1.29 is 19.4 Å². The maximum absolute atomic E-state index is 13.2. The fourth-order valence-corrected chi connectivity index (χ4v) is 4.85. The molecule has 0 radical (unpaired) electrons. The number of Topliss-reactive ketones (excluding diaryl/α,β-unsaturated/α-hetero) is 1. The van der Waals surface area contributed by atoms with E-state index in [9.17, 15) is 14.7 Å². The molecule has 1 fully saturated rings. The second-order valence-electron chi connectivity index (χ2n) is 8.39. The van der Waals surface area contributed by atoms with Crippen molar-refractivity contribution in [3.05, 3.63) is 106 Å². The summed E-state index contributed by atoms with van der Waals surface area (Å²) < 4.78 is 6.25. The van der Waals surface area contributed by atoms with E-state index in [1.807, 2.05) is 54.7 Å². The van der Waals surface area contributed by atoms with Crippen LogP contribution in [0.2, 0.25) is 0 Å². The lowest BCUT2D eigenvalue weighted by Gasteiger charge is -2.25. The first-order chi connectivity index (χ1) is 17.0. The summed E-state index contributed by atoms with van der Waals surface area (Å²) in [4.78, 5) is 31.2. The highest BCUT2D eigenvalue weighted by Crippen LogP contribution is 2.40. The summed E-state index contributed by atoms with van der Waals surface area (Å²) in [7, 11) is 1.62. The molecule has 7 heteroatoms. The Morgan fingerprint density at radius 2 is 1.80 bits per heavy atom. The summed E-state index contributed by atoms with van der Waals surface area (Å²) >= 11 is 3.44. The Kier molecular flexibility index (Phi) is 6.17. The van der Waals surface area contributed by atoms with Gasteiger partial charge in [-0.1, -0.05) is 58.4 Å². The molecular formula is C28H23BrN2O4. The lowest BCUT2D eigenvalue weighted by molar-refractivity contribution is -0.139. The molecule has 4 aromatic rings. The number of carbonyl (C=O) groups excluding carboxylic acids is 2. The number of H-pyrrole nitrogens is 1. The van der Waals surface area contributed by atoms with E-state index in [4.69, 9.17) is 4.74 Å². The second-order valence-corrected chi connectivity index (χ2v) is 9.30. The van der Waals surface area contributed by atoms with E-state index < -0.39 is 17.7 Å². The molecule has 1 atom stereocenters. The summed E-state index contributed by atoms with van der Waals surface area (Å²) in [5.41, 5.74) is 3.33. The Bertz CT molecular complexity index is 1440. The number of nitrogens with zero attached hydrogens (tertiary/aromatic N) is 1. The van der Waals surface area contributed by atoms with Crippen LogP contribution in [0, 0.1) is 0 Å². The summed E-state index contributed by atoms with van der Waals surface area (Å²) in [5, 5.41) is 12.1. The van der Waals surface area contributed by atoms with E-state index in [0.717, 1.165) is 32.3 Å². The number of hydrogen-bond acceptors (Lipinski definition) is 4. The largest absolute Gasteiger partial charge is 0.507 e. The maximum Gasteiger partial charge on any atom is 0.295 e. The highest BCUT2D eigenvalue weighted by Gasteiger charge is 2.45. The van der Waals surface area contributed by atoms with Crippen molar-refractivity contribution in [2.24, 2.45) is 0 Å². The van der Waals surface area contributed by atoms with Gasteiger partial charge in [0.2, 0.25) is 0 Å². The summed E-state index contributed by atoms with van der Waals surface area (Å²) in [6.07, 6.45) is 2.44. The number of aromatic amines is 1. The molecule has 3 aromatic carbocycles. The van der Waals surface area contributed by atoms with Gasteiger partial charge in [0.15, 0.2) is 0 Å². The molecule has 1 amide bonds. The molecule has 1 aliphatic rings. The Balaban J connectivity index is 1.55. The van der Waals surface area contributed by atoms with E-state index in [1.54, 1.807) is 36.3 Å². The molecule has 1 aromatic heterocycles. The van der Waals surface area contributed by atoms with Crippen molar-refractivity contribution in [3.63, 3.8) is 0 Å². The molecule has 0 saturated carbocycles.